The molecule has 0 bridgehead atoms. The second kappa shape index (κ2) is 5.40. The predicted octanol–water partition coefficient (Wildman–Crippen LogP) is 3.04. The van der Waals surface area contributed by atoms with Gasteiger partial charge < -0.3 is 4.90 Å². The number of para-hydroxylation sites is 1. The normalized spacial score (nSPS) is 15.1. The van der Waals surface area contributed by atoms with Crippen LogP contribution in [0.5, 0.6) is 0 Å². The minimum absolute atomic E-state index is 0.0138. The lowest BCUT2D eigenvalue weighted by Crippen LogP contribution is -2.35. The number of hydrogen-bond donors (Lipinski definition) is 0. The summed E-state index contributed by atoms with van der Waals surface area (Å²) < 4.78 is 0. The molecular formula is C13H13ClN2O3. The van der Waals surface area contributed by atoms with Gasteiger partial charge in [-0.2, -0.15) is 0 Å². The van der Waals surface area contributed by atoms with Gasteiger partial charge in [0.15, 0.2) is 0 Å². The monoisotopic (exact) mass is 280 g/mol. The number of benzene rings is 1. The first-order valence-electron chi connectivity index (χ1n) is 5.88. The van der Waals surface area contributed by atoms with Crippen molar-refractivity contribution < 1.29 is 9.72 Å². The molecule has 19 heavy (non-hydrogen) atoms. The Kier molecular flexibility index (Phi) is 3.85. The van der Waals surface area contributed by atoms with Crippen molar-refractivity contribution in [2.45, 2.75) is 13.3 Å². The summed E-state index contributed by atoms with van der Waals surface area (Å²) in [6, 6.07) is 4.41. The Bertz CT molecular complexity index is 569. The van der Waals surface area contributed by atoms with E-state index in [1.54, 1.807) is 11.0 Å². The summed E-state index contributed by atoms with van der Waals surface area (Å²) >= 11 is 5.81. The maximum absolute atomic E-state index is 12.4. The highest BCUT2D eigenvalue weighted by Crippen LogP contribution is 2.29. The van der Waals surface area contributed by atoms with E-state index in [4.69, 9.17) is 11.6 Å². The molecule has 0 aromatic heterocycles. The third-order valence-corrected chi connectivity index (χ3v) is 3.32. The Labute approximate surface area is 115 Å². The molecule has 0 spiro atoms. The molecule has 0 N–H and O–H groups in total. The number of hydrogen-bond acceptors (Lipinski definition) is 3. The highest BCUT2D eigenvalue weighted by atomic mass is 35.5. The highest BCUT2D eigenvalue weighted by Gasteiger charge is 2.27. The van der Waals surface area contributed by atoms with Crippen LogP contribution in [0.4, 0.5) is 5.69 Å². The van der Waals surface area contributed by atoms with Gasteiger partial charge in [-0.15, -0.1) is 0 Å². The van der Waals surface area contributed by atoms with Crippen LogP contribution in [0.25, 0.3) is 0 Å². The molecule has 5 nitrogen and oxygen atoms in total. The molecule has 1 aliphatic heterocycles. The van der Waals surface area contributed by atoms with E-state index in [0.29, 0.717) is 13.1 Å². The molecule has 0 radical (unpaired) electrons. The van der Waals surface area contributed by atoms with Gasteiger partial charge in [-0.3, -0.25) is 14.9 Å². The molecule has 0 saturated carbocycles. The van der Waals surface area contributed by atoms with Gasteiger partial charge in [0.2, 0.25) is 0 Å². The summed E-state index contributed by atoms with van der Waals surface area (Å²) in [6.45, 7) is 3.01. The fraction of sp³-hybridized carbons (Fsp3) is 0.308. The molecule has 0 aliphatic carbocycles. The van der Waals surface area contributed by atoms with Gasteiger partial charge in [-0.1, -0.05) is 29.3 Å². The van der Waals surface area contributed by atoms with Crippen molar-refractivity contribution in [2.75, 3.05) is 13.1 Å². The molecule has 1 heterocycles. The fourth-order valence-corrected chi connectivity index (χ4v) is 2.37. The van der Waals surface area contributed by atoms with Gasteiger partial charge in [0.05, 0.1) is 4.92 Å². The van der Waals surface area contributed by atoms with Crippen molar-refractivity contribution in [1.29, 1.82) is 0 Å². The number of halogens is 1. The van der Waals surface area contributed by atoms with E-state index >= 15 is 0 Å². The summed E-state index contributed by atoms with van der Waals surface area (Å²) in [5.41, 5.74) is 0.817. The van der Waals surface area contributed by atoms with Crippen LogP contribution in [-0.2, 0) is 0 Å². The maximum atomic E-state index is 12.4. The summed E-state index contributed by atoms with van der Waals surface area (Å²) in [4.78, 5) is 24.4. The van der Waals surface area contributed by atoms with Gasteiger partial charge in [0.25, 0.3) is 5.91 Å². The second-order valence-electron chi connectivity index (χ2n) is 4.46. The average Bonchev–Trinajstić information content (AvgIpc) is 2.37. The van der Waals surface area contributed by atoms with Crippen molar-refractivity contribution in [3.63, 3.8) is 0 Å². The molecule has 1 aliphatic rings. The van der Waals surface area contributed by atoms with Crippen LogP contribution in [0.1, 0.15) is 23.7 Å². The summed E-state index contributed by atoms with van der Waals surface area (Å²) in [5, 5.41) is 11.0. The summed E-state index contributed by atoms with van der Waals surface area (Å²) in [7, 11) is 0. The van der Waals surface area contributed by atoms with E-state index in [1.165, 1.54) is 12.1 Å². The quantitative estimate of drug-likeness (QED) is 0.475. The van der Waals surface area contributed by atoms with Gasteiger partial charge in [-0.25, -0.2) is 0 Å². The number of nitrogens with zero attached hydrogens (tertiary/aromatic N) is 2. The van der Waals surface area contributed by atoms with Crippen molar-refractivity contribution in [3.05, 3.63) is 50.5 Å². The molecule has 6 heteroatoms. The number of carbonyl (C=O) groups excluding carboxylic acids is 1. The number of nitro benzene ring substituents is 1. The number of nitro groups is 1. The maximum Gasteiger partial charge on any atom is 0.300 e. The number of amides is 1. The predicted molar refractivity (Wildman–Crippen MR) is 72.4 cm³/mol. The summed E-state index contributed by atoms with van der Waals surface area (Å²) in [6.07, 6.45) is 2.84. The van der Waals surface area contributed by atoms with Crippen LogP contribution >= 0.6 is 11.6 Å². The topological polar surface area (TPSA) is 63.5 Å². The van der Waals surface area contributed by atoms with Crippen molar-refractivity contribution in [1.82, 2.24) is 4.90 Å². The van der Waals surface area contributed by atoms with Gasteiger partial charge in [0, 0.05) is 13.1 Å². The molecule has 0 unspecified atom stereocenters. The first-order valence-corrected chi connectivity index (χ1v) is 6.26. The van der Waals surface area contributed by atoms with Gasteiger partial charge in [-0.05, 0) is 25.5 Å². The SMILES string of the molecule is CC1=CCCN(C(=O)c2cccc(Cl)c2[N+](=O)[O-])C1. The minimum Gasteiger partial charge on any atom is -0.334 e. The van der Waals surface area contributed by atoms with E-state index in [9.17, 15) is 14.9 Å². The zero-order chi connectivity index (χ0) is 14.0. The van der Waals surface area contributed by atoms with Crippen LogP contribution in [0.15, 0.2) is 29.8 Å². The standard InChI is InChI=1S/C13H13ClN2O3/c1-9-4-3-7-15(8-9)13(17)10-5-2-6-11(14)12(10)16(18)19/h2,4-6H,3,7-8H2,1H3. The third kappa shape index (κ3) is 2.76. The molecule has 0 atom stereocenters. The largest absolute Gasteiger partial charge is 0.334 e. The van der Waals surface area contributed by atoms with Gasteiger partial charge >= 0.3 is 5.69 Å². The molecule has 2 rings (SSSR count). The Hall–Kier alpha value is -1.88. The lowest BCUT2D eigenvalue weighted by atomic mass is 10.1. The molecule has 1 aromatic carbocycles. The molecular weight excluding hydrogens is 268 g/mol. The van der Waals surface area contributed by atoms with Crippen molar-refractivity contribution in [3.8, 4) is 0 Å². The Morgan fingerprint density at radius 2 is 2.21 bits per heavy atom. The van der Waals surface area contributed by atoms with Crippen LogP contribution < -0.4 is 0 Å². The van der Waals surface area contributed by atoms with E-state index in [0.717, 1.165) is 12.0 Å². The van der Waals surface area contributed by atoms with Gasteiger partial charge in [0.1, 0.15) is 10.6 Å². The molecule has 0 fully saturated rings. The van der Waals surface area contributed by atoms with E-state index in [-0.39, 0.29) is 22.2 Å². The smallest absolute Gasteiger partial charge is 0.300 e. The first-order chi connectivity index (χ1) is 9.00. The Morgan fingerprint density at radius 3 is 2.84 bits per heavy atom. The number of rotatable bonds is 2. The molecule has 0 saturated heterocycles. The van der Waals surface area contributed by atoms with Crippen LogP contribution in [0.3, 0.4) is 0 Å². The second-order valence-corrected chi connectivity index (χ2v) is 4.87. The van der Waals surface area contributed by atoms with Crippen LogP contribution in [-0.4, -0.2) is 28.8 Å². The molecule has 1 aromatic rings. The van der Waals surface area contributed by atoms with E-state index in [1.807, 2.05) is 6.92 Å². The highest BCUT2D eigenvalue weighted by molar-refractivity contribution is 6.33. The Balaban J connectivity index is 2.37. The fourth-order valence-electron chi connectivity index (χ4n) is 2.13. The van der Waals surface area contributed by atoms with Crippen LogP contribution in [0.2, 0.25) is 5.02 Å². The third-order valence-electron chi connectivity index (χ3n) is 3.02. The summed E-state index contributed by atoms with van der Waals surface area (Å²) in [5.74, 6) is -0.346. The lowest BCUT2D eigenvalue weighted by Gasteiger charge is -2.26. The average molecular weight is 281 g/mol. The van der Waals surface area contributed by atoms with E-state index < -0.39 is 4.92 Å². The Morgan fingerprint density at radius 1 is 1.47 bits per heavy atom. The molecule has 1 amide bonds. The zero-order valence-electron chi connectivity index (χ0n) is 10.4. The molecule has 100 valence electrons. The van der Waals surface area contributed by atoms with Crippen LogP contribution in [0, 0.1) is 10.1 Å². The lowest BCUT2D eigenvalue weighted by molar-refractivity contribution is -0.385. The van der Waals surface area contributed by atoms with E-state index in [2.05, 4.69) is 6.08 Å². The number of carbonyl (C=O) groups is 1. The zero-order valence-corrected chi connectivity index (χ0v) is 11.2. The van der Waals surface area contributed by atoms with Crippen molar-refractivity contribution in [2.24, 2.45) is 0 Å². The first kappa shape index (κ1) is 13.5. The van der Waals surface area contributed by atoms with Crippen molar-refractivity contribution >= 4 is 23.2 Å². The minimum atomic E-state index is -0.609.